The summed E-state index contributed by atoms with van der Waals surface area (Å²) in [4.78, 5) is 31.1. The summed E-state index contributed by atoms with van der Waals surface area (Å²) in [5, 5.41) is 5.50. The fourth-order valence-corrected chi connectivity index (χ4v) is 2.01. The van der Waals surface area contributed by atoms with Crippen molar-refractivity contribution in [1.82, 2.24) is 24.9 Å². The SMILES string of the molecule is Cc1cc(=O)n2[nH]cc(C(=O)NCc3ccc[nH]3)c2n1. The van der Waals surface area contributed by atoms with Gasteiger partial charge in [-0.3, -0.25) is 14.7 Å². The minimum atomic E-state index is -0.282. The Hall–Kier alpha value is -2.83. The molecular formula is C13H13N5O2. The first kappa shape index (κ1) is 12.2. The summed E-state index contributed by atoms with van der Waals surface area (Å²) in [5.41, 5.74) is 1.92. The van der Waals surface area contributed by atoms with E-state index in [1.807, 2.05) is 12.1 Å². The number of rotatable bonds is 3. The Morgan fingerprint density at radius 3 is 3.10 bits per heavy atom. The molecule has 0 atom stereocenters. The molecule has 0 fully saturated rings. The molecule has 3 aromatic rings. The number of nitrogens with zero attached hydrogens (tertiary/aromatic N) is 2. The highest BCUT2D eigenvalue weighted by Crippen LogP contribution is 2.06. The molecule has 0 aliphatic heterocycles. The zero-order chi connectivity index (χ0) is 14.1. The van der Waals surface area contributed by atoms with E-state index < -0.39 is 0 Å². The van der Waals surface area contributed by atoms with Crippen LogP contribution in [0.15, 0.2) is 35.4 Å². The summed E-state index contributed by atoms with van der Waals surface area (Å²) in [5.74, 6) is -0.282. The van der Waals surface area contributed by atoms with Gasteiger partial charge in [0, 0.05) is 29.8 Å². The van der Waals surface area contributed by atoms with Gasteiger partial charge in [-0.15, -0.1) is 0 Å². The van der Waals surface area contributed by atoms with Crippen molar-refractivity contribution in [1.29, 1.82) is 0 Å². The maximum atomic E-state index is 12.1. The van der Waals surface area contributed by atoms with Gasteiger partial charge < -0.3 is 10.3 Å². The van der Waals surface area contributed by atoms with Crippen molar-refractivity contribution >= 4 is 11.6 Å². The van der Waals surface area contributed by atoms with Crippen molar-refractivity contribution in [2.24, 2.45) is 0 Å². The van der Waals surface area contributed by atoms with E-state index in [2.05, 4.69) is 20.4 Å². The van der Waals surface area contributed by atoms with Crippen LogP contribution in [0.1, 0.15) is 21.7 Å². The molecule has 0 spiro atoms. The fraction of sp³-hybridized carbons (Fsp3) is 0.154. The highest BCUT2D eigenvalue weighted by atomic mass is 16.2. The standard InChI is InChI=1S/C13H13N5O2/c1-8-5-11(19)18-12(17-8)10(7-16-18)13(20)15-6-9-3-2-4-14-9/h2-5,7,14,16H,6H2,1H3,(H,15,20). The average molecular weight is 271 g/mol. The molecule has 0 saturated heterocycles. The molecule has 102 valence electrons. The number of amides is 1. The van der Waals surface area contributed by atoms with E-state index in [9.17, 15) is 9.59 Å². The first-order chi connectivity index (χ1) is 9.65. The summed E-state index contributed by atoms with van der Waals surface area (Å²) in [6.45, 7) is 2.11. The minimum absolute atomic E-state index is 0.240. The van der Waals surface area contributed by atoms with E-state index >= 15 is 0 Å². The smallest absolute Gasteiger partial charge is 0.272 e. The molecule has 3 heterocycles. The molecule has 0 aliphatic rings. The van der Waals surface area contributed by atoms with E-state index in [0.29, 0.717) is 23.4 Å². The molecule has 3 rings (SSSR count). The number of nitrogens with one attached hydrogen (secondary N) is 3. The molecule has 3 aromatic heterocycles. The lowest BCUT2D eigenvalue weighted by molar-refractivity contribution is 0.0952. The van der Waals surface area contributed by atoms with Crippen LogP contribution >= 0.6 is 0 Å². The molecule has 7 heteroatoms. The van der Waals surface area contributed by atoms with Gasteiger partial charge >= 0.3 is 0 Å². The van der Waals surface area contributed by atoms with E-state index in [1.165, 1.54) is 16.8 Å². The molecule has 7 nitrogen and oxygen atoms in total. The van der Waals surface area contributed by atoms with Crippen LogP contribution in [0.25, 0.3) is 5.65 Å². The molecule has 3 N–H and O–H groups in total. The first-order valence-electron chi connectivity index (χ1n) is 6.13. The summed E-state index contributed by atoms with van der Waals surface area (Å²) < 4.78 is 1.25. The van der Waals surface area contributed by atoms with Gasteiger partial charge in [-0.05, 0) is 19.1 Å². The Balaban J connectivity index is 1.90. The third-order valence-corrected chi connectivity index (χ3v) is 2.97. The lowest BCUT2D eigenvalue weighted by atomic mass is 10.3. The molecule has 0 aromatic carbocycles. The zero-order valence-corrected chi connectivity index (χ0v) is 10.8. The van der Waals surface area contributed by atoms with Gasteiger partial charge in [0.25, 0.3) is 11.5 Å². The van der Waals surface area contributed by atoms with Crippen LogP contribution in [0.2, 0.25) is 0 Å². The van der Waals surface area contributed by atoms with Crippen LogP contribution in [0.4, 0.5) is 0 Å². The maximum Gasteiger partial charge on any atom is 0.272 e. The number of carbonyl (C=O) groups excluding carboxylic acids is 1. The number of fused-ring (bicyclic) bond motifs is 1. The Morgan fingerprint density at radius 1 is 1.50 bits per heavy atom. The van der Waals surface area contributed by atoms with Gasteiger partial charge in [0.1, 0.15) is 5.56 Å². The van der Waals surface area contributed by atoms with Crippen molar-refractivity contribution in [2.75, 3.05) is 0 Å². The first-order valence-corrected chi connectivity index (χ1v) is 6.13. The van der Waals surface area contributed by atoms with E-state index in [0.717, 1.165) is 5.69 Å². The monoisotopic (exact) mass is 271 g/mol. The number of aromatic nitrogens is 4. The molecule has 20 heavy (non-hydrogen) atoms. The second kappa shape index (κ2) is 4.69. The van der Waals surface area contributed by atoms with Crippen LogP contribution in [0.3, 0.4) is 0 Å². The minimum Gasteiger partial charge on any atom is -0.364 e. The number of aromatic amines is 2. The molecule has 0 radical (unpaired) electrons. The fourth-order valence-electron chi connectivity index (χ4n) is 2.01. The van der Waals surface area contributed by atoms with Crippen molar-refractivity contribution in [2.45, 2.75) is 13.5 Å². The largest absolute Gasteiger partial charge is 0.364 e. The van der Waals surface area contributed by atoms with Gasteiger partial charge in [-0.2, -0.15) is 0 Å². The summed E-state index contributed by atoms with van der Waals surface area (Å²) in [6, 6.07) is 5.14. The number of hydrogen-bond donors (Lipinski definition) is 3. The van der Waals surface area contributed by atoms with Crippen LogP contribution in [0, 0.1) is 6.92 Å². The van der Waals surface area contributed by atoms with Gasteiger partial charge in [0.05, 0.1) is 6.54 Å². The summed E-state index contributed by atoms with van der Waals surface area (Å²) in [7, 11) is 0. The highest BCUT2D eigenvalue weighted by Gasteiger charge is 2.14. The Morgan fingerprint density at radius 2 is 2.35 bits per heavy atom. The van der Waals surface area contributed by atoms with E-state index in [1.54, 1.807) is 13.1 Å². The van der Waals surface area contributed by atoms with Gasteiger partial charge in [0.15, 0.2) is 5.65 Å². The van der Waals surface area contributed by atoms with Gasteiger partial charge in [0.2, 0.25) is 0 Å². The molecule has 0 aliphatic carbocycles. The average Bonchev–Trinajstić information content (AvgIpc) is 3.04. The molecule has 0 saturated carbocycles. The lowest BCUT2D eigenvalue weighted by Gasteiger charge is -2.02. The predicted molar refractivity (Wildman–Crippen MR) is 72.5 cm³/mol. The predicted octanol–water partition coefficient (Wildman–Crippen LogP) is 0.589. The Bertz CT molecular complexity index is 813. The van der Waals surface area contributed by atoms with Crippen molar-refractivity contribution in [3.05, 3.63) is 57.9 Å². The molecular weight excluding hydrogens is 258 g/mol. The normalized spacial score (nSPS) is 10.8. The number of carbonyl (C=O) groups is 1. The van der Waals surface area contributed by atoms with E-state index in [4.69, 9.17) is 0 Å². The van der Waals surface area contributed by atoms with Crippen LogP contribution in [0.5, 0.6) is 0 Å². The summed E-state index contributed by atoms with van der Waals surface area (Å²) >= 11 is 0. The quantitative estimate of drug-likeness (QED) is 0.650. The van der Waals surface area contributed by atoms with Crippen molar-refractivity contribution in [3.63, 3.8) is 0 Å². The molecule has 0 bridgehead atoms. The molecule has 1 amide bonds. The lowest BCUT2D eigenvalue weighted by Crippen LogP contribution is -2.23. The van der Waals surface area contributed by atoms with Gasteiger partial charge in [-0.25, -0.2) is 9.50 Å². The number of hydrogen-bond acceptors (Lipinski definition) is 3. The number of aryl methyl sites for hydroxylation is 1. The van der Waals surface area contributed by atoms with Crippen LogP contribution in [-0.4, -0.2) is 25.5 Å². The van der Waals surface area contributed by atoms with Crippen molar-refractivity contribution in [3.8, 4) is 0 Å². The second-order valence-electron chi connectivity index (χ2n) is 4.46. The second-order valence-corrected chi connectivity index (χ2v) is 4.46. The third kappa shape index (κ3) is 2.09. The zero-order valence-electron chi connectivity index (χ0n) is 10.8. The Labute approximate surface area is 113 Å². The molecule has 0 unspecified atom stereocenters. The third-order valence-electron chi connectivity index (χ3n) is 2.97. The topological polar surface area (TPSA) is 95.0 Å². The Kier molecular flexibility index (Phi) is 2.86. The maximum absolute atomic E-state index is 12.1. The van der Waals surface area contributed by atoms with Crippen molar-refractivity contribution < 1.29 is 4.79 Å². The van der Waals surface area contributed by atoms with Gasteiger partial charge in [-0.1, -0.05) is 0 Å². The number of H-pyrrole nitrogens is 2. The van der Waals surface area contributed by atoms with Crippen LogP contribution < -0.4 is 10.9 Å². The highest BCUT2D eigenvalue weighted by molar-refractivity contribution is 5.99. The summed E-state index contributed by atoms with van der Waals surface area (Å²) in [6.07, 6.45) is 3.27. The van der Waals surface area contributed by atoms with Crippen LogP contribution in [-0.2, 0) is 6.54 Å². The van der Waals surface area contributed by atoms with E-state index in [-0.39, 0.29) is 11.5 Å².